The van der Waals surface area contributed by atoms with Crippen LogP contribution in [0.3, 0.4) is 0 Å². The molecule has 2 N–H and O–H groups in total. The van der Waals surface area contributed by atoms with Gasteiger partial charge in [0.15, 0.2) is 0 Å². The average Bonchev–Trinajstić information content (AvgIpc) is 2.28. The molecule has 0 saturated heterocycles. The maximum atomic E-state index is 11.6. The van der Waals surface area contributed by atoms with Gasteiger partial charge < -0.3 is 10.5 Å². The summed E-state index contributed by atoms with van der Waals surface area (Å²) in [6.07, 6.45) is 0.935. The van der Waals surface area contributed by atoms with Crippen molar-refractivity contribution in [2.24, 2.45) is 0 Å². The lowest BCUT2D eigenvalue weighted by atomic mass is 10.3. The molecule has 0 aliphatic heterocycles. The highest BCUT2D eigenvalue weighted by Crippen LogP contribution is 2.14. The maximum absolute atomic E-state index is 11.6. The van der Waals surface area contributed by atoms with Crippen molar-refractivity contribution in [3.05, 3.63) is 24.3 Å². The Morgan fingerprint density at radius 1 is 1.50 bits per heavy atom. The molecule has 2 unspecified atom stereocenters. The molecule has 0 spiro atoms. The summed E-state index contributed by atoms with van der Waals surface area (Å²) < 4.78 is 17.1. The summed E-state index contributed by atoms with van der Waals surface area (Å²) in [6.45, 7) is 4.51. The summed E-state index contributed by atoms with van der Waals surface area (Å²) in [5.41, 5.74) is 6.30. The van der Waals surface area contributed by atoms with Crippen LogP contribution in [-0.4, -0.2) is 21.8 Å². The quantitative estimate of drug-likeness (QED) is 0.777. The lowest BCUT2D eigenvalue weighted by Gasteiger charge is -2.10. The van der Waals surface area contributed by atoms with Crippen LogP contribution in [0.25, 0.3) is 0 Å². The fourth-order valence-corrected chi connectivity index (χ4v) is 2.25. The Bertz CT molecular complexity index is 355. The summed E-state index contributed by atoms with van der Waals surface area (Å²) in [4.78, 5) is 0. The molecule has 0 aliphatic carbocycles. The van der Waals surface area contributed by atoms with Crippen molar-refractivity contribution in [1.82, 2.24) is 0 Å². The third-order valence-corrected chi connectivity index (χ3v) is 4.23. The van der Waals surface area contributed by atoms with Gasteiger partial charge in [-0.25, -0.2) is 0 Å². The molecule has 2 atom stereocenters. The molecule has 0 bridgehead atoms. The Hall–Kier alpha value is -1.03. The lowest BCUT2D eigenvalue weighted by Crippen LogP contribution is -2.17. The highest BCUT2D eigenvalue weighted by molar-refractivity contribution is 7.85. The van der Waals surface area contributed by atoms with Crippen molar-refractivity contribution in [2.45, 2.75) is 25.5 Å². The zero-order valence-electron chi connectivity index (χ0n) is 9.81. The van der Waals surface area contributed by atoms with Crippen molar-refractivity contribution < 1.29 is 8.95 Å². The molecule has 1 aromatic rings. The van der Waals surface area contributed by atoms with Crippen molar-refractivity contribution in [3.8, 4) is 5.75 Å². The Balaban J connectivity index is 2.33. The maximum Gasteiger partial charge on any atom is 0.121 e. The van der Waals surface area contributed by atoms with E-state index in [2.05, 4.69) is 0 Å². The van der Waals surface area contributed by atoms with Crippen molar-refractivity contribution in [2.75, 3.05) is 18.1 Å². The lowest BCUT2D eigenvalue weighted by molar-refractivity contribution is 0.342. The Labute approximate surface area is 99.4 Å². The van der Waals surface area contributed by atoms with E-state index in [1.54, 1.807) is 6.07 Å². The molecule has 1 rings (SSSR count). The molecule has 0 amide bonds. The van der Waals surface area contributed by atoms with Gasteiger partial charge in [0.25, 0.3) is 0 Å². The van der Waals surface area contributed by atoms with E-state index in [0.717, 1.165) is 12.2 Å². The first-order valence-electron chi connectivity index (χ1n) is 5.49. The highest BCUT2D eigenvalue weighted by atomic mass is 32.2. The molecule has 90 valence electrons. The van der Waals surface area contributed by atoms with Gasteiger partial charge in [-0.3, -0.25) is 4.21 Å². The largest absolute Gasteiger partial charge is 0.493 e. The summed E-state index contributed by atoms with van der Waals surface area (Å²) in [6, 6.07) is 7.27. The van der Waals surface area contributed by atoms with E-state index in [0.29, 0.717) is 18.0 Å². The predicted octanol–water partition coefficient (Wildman–Crippen LogP) is 2.19. The zero-order chi connectivity index (χ0) is 12.0. The van der Waals surface area contributed by atoms with E-state index in [1.807, 2.05) is 32.0 Å². The Kier molecular flexibility index (Phi) is 5.32. The third kappa shape index (κ3) is 4.23. The average molecular weight is 241 g/mol. The van der Waals surface area contributed by atoms with Crippen LogP contribution in [0.5, 0.6) is 5.75 Å². The second-order valence-electron chi connectivity index (χ2n) is 3.72. The van der Waals surface area contributed by atoms with Gasteiger partial charge in [-0.05, 0) is 18.6 Å². The fourth-order valence-electron chi connectivity index (χ4n) is 1.23. The number of hydrogen-bond donors (Lipinski definition) is 1. The molecule has 0 aliphatic rings. The van der Waals surface area contributed by atoms with Gasteiger partial charge in [0, 0.05) is 27.8 Å². The summed E-state index contributed by atoms with van der Waals surface area (Å²) in [5.74, 6) is 1.31. The number of hydrogen-bond acceptors (Lipinski definition) is 3. The minimum absolute atomic E-state index is 0.240. The summed E-state index contributed by atoms with van der Waals surface area (Å²) in [7, 11) is -0.800. The van der Waals surface area contributed by atoms with Gasteiger partial charge in [-0.1, -0.05) is 19.9 Å². The van der Waals surface area contributed by atoms with Crippen LogP contribution in [0.1, 0.15) is 20.3 Å². The third-order valence-electron chi connectivity index (χ3n) is 2.44. The van der Waals surface area contributed by atoms with E-state index in [9.17, 15) is 4.21 Å². The number of ether oxygens (including phenoxy) is 1. The van der Waals surface area contributed by atoms with Crippen LogP contribution < -0.4 is 10.5 Å². The minimum atomic E-state index is -0.800. The summed E-state index contributed by atoms with van der Waals surface area (Å²) in [5, 5.41) is 0.240. The van der Waals surface area contributed by atoms with Gasteiger partial charge in [0.2, 0.25) is 0 Å². The first kappa shape index (κ1) is 13.0. The molecule has 0 saturated carbocycles. The standard InChI is InChI=1S/C12H19NO2S/c1-3-10(2)16(14)8-7-15-12-6-4-5-11(13)9-12/h4-6,9-10H,3,7-8,13H2,1-2H3. The smallest absolute Gasteiger partial charge is 0.121 e. The first-order valence-corrected chi connectivity index (χ1v) is 6.87. The first-order chi connectivity index (χ1) is 7.63. The van der Waals surface area contributed by atoms with Crippen LogP contribution >= 0.6 is 0 Å². The number of anilines is 1. The van der Waals surface area contributed by atoms with Crippen LogP contribution in [0.2, 0.25) is 0 Å². The fraction of sp³-hybridized carbons (Fsp3) is 0.500. The number of rotatable bonds is 6. The Morgan fingerprint density at radius 2 is 2.25 bits per heavy atom. The number of nitrogen functional groups attached to an aromatic ring is 1. The molecule has 0 heterocycles. The topological polar surface area (TPSA) is 52.3 Å². The molecule has 1 aromatic carbocycles. The van der Waals surface area contributed by atoms with E-state index in [4.69, 9.17) is 10.5 Å². The van der Waals surface area contributed by atoms with Crippen LogP contribution in [-0.2, 0) is 10.8 Å². The SMILES string of the molecule is CCC(C)S(=O)CCOc1cccc(N)c1. The van der Waals surface area contributed by atoms with Crippen LogP contribution in [0.4, 0.5) is 5.69 Å². The minimum Gasteiger partial charge on any atom is -0.493 e. The molecule has 3 nitrogen and oxygen atoms in total. The van der Waals surface area contributed by atoms with E-state index < -0.39 is 10.8 Å². The van der Waals surface area contributed by atoms with E-state index in [-0.39, 0.29) is 5.25 Å². The van der Waals surface area contributed by atoms with Crippen molar-refractivity contribution >= 4 is 16.5 Å². The van der Waals surface area contributed by atoms with Crippen LogP contribution in [0, 0.1) is 0 Å². The molecule has 0 fully saturated rings. The van der Waals surface area contributed by atoms with Gasteiger partial charge in [-0.2, -0.15) is 0 Å². The zero-order valence-corrected chi connectivity index (χ0v) is 10.6. The second-order valence-corrected chi connectivity index (χ2v) is 5.70. The van der Waals surface area contributed by atoms with Gasteiger partial charge in [0.05, 0.1) is 12.4 Å². The monoisotopic (exact) mass is 241 g/mol. The van der Waals surface area contributed by atoms with Crippen molar-refractivity contribution in [3.63, 3.8) is 0 Å². The second kappa shape index (κ2) is 6.53. The molecular weight excluding hydrogens is 222 g/mol. The number of nitrogens with two attached hydrogens (primary N) is 1. The molecule has 4 heteroatoms. The normalized spacial score (nSPS) is 14.4. The van der Waals surface area contributed by atoms with E-state index >= 15 is 0 Å². The van der Waals surface area contributed by atoms with E-state index in [1.165, 1.54) is 0 Å². The van der Waals surface area contributed by atoms with Crippen molar-refractivity contribution in [1.29, 1.82) is 0 Å². The predicted molar refractivity (Wildman–Crippen MR) is 69.1 cm³/mol. The van der Waals surface area contributed by atoms with Crippen LogP contribution in [0.15, 0.2) is 24.3 Å². The number of benzene rings is 1. The Morgan fingerprint density at radius 3 is 2.88 bits per heavy atom. The molecule has 16 heavy (non-hydrogen) atoms. The molecule has 0 radical (unpaired) electrons. The van der Waals surface area contributed by atoms with Gasteiger partial charge in [-0.15, -0.1) is 0 Å². The van der Waals surface area contributed by atoms with Gasteiger partial charge >= 0.3 is 0 Å². The molecular formula is C12H19NO2S. The molecule has 0 aromatic heterocycles. The summed E-state index contributed by atoms with van der Waals surface area (Å²) >= 11 is 0. The highest BCUT2D eigenvalue weighted by Gasteiger charge is 2.08. The van der Waals surface area contributed by atoms with Gasteiger partial charge in [0.1, 0.15) is 5.75 Å².